The Bertz CT molecular complexity index is 296. The lowest BCUT2D eigenvalue weighted by atomic mass is 10.0. The molecule has 19 heavy (non-hydrogen) atoms. The Balaban J connectivity index is 1.85. The number of hydrogen-bond donors (Lipinski definition) is 1. The summed E-state index contributed by atoms with van der Waals surface area (Å²) in [4.78, 5) is 14.6. The number of amides is 1. The van der Waals surface area contributed by atoms with Crippen LogP contribution in [0.5, 0.6) is 0 Å². The van der Waals surface area contributed by atoms with Gasteiger partial charge in [-0.1, -0.05) is 20.3 Å². The van der Waals surface area contributed by atoms with Gasteiger partial charge in [-0.15, -0.1) is 0 Å². The summed E-state index contributed by atoms with van der Waals surface area (Å²) in [6.07, 6.45) is 4.75. The van der Waals surface area contributed by atoms with Gasteiger partial charge in [-0.25, -0.2) is 0 Å². The molecule has 1 amide bonds. The van der Waals surface area contributed by atoms with E-state index in [1.54, 1.807) is 0 Å². The van der Waals surface area contributed by atoms with Gasteiger partial charge in [0.25, 0.3) is 0 Å². The number of nitrogens with zero attached hydrogens (tertiary/aromatic N) is 1. The SMILES string of the molecule is CCCNC1COCC1C(=O)N1CCC(CCC)C1. The van der Waals surface area contributed by atoms with Crippen molar-refractivity contribution in [3.8, 4) is 0 Å². The van der Waals surface area contributed by atoms with Crippen LogP contribution in [0.4, 0.5) is 0 Å². The van der Waals surface area contributed by atoms with E-state index in [-0.39, 0.29) is 12.0 Å². The summed E-state index contributed by atoms with van der Waals surface area (Å²) in [5.41, 5.74) is 0. The molecular weight excluding hydrogens is 240 g/mol. The van der Waals surface area contributed by atoms with E-state index in [4.69, 9.17) is 4.74 Å². The van der Waals surface area contributed by atoms with Gasteiger partial charge >= 0.3 is 0 Å². The Morgan fingerprint density at radius 1 is 1.32 bits per heavy atom. The average molecular weight is 268 g/mol. The molecule has 3 atom stereocenters. The van der Waals surface area contributed by atoms with Crippen molar-refractivity contribution >= 4 is 5.91 Å². The van der Waals surface area contributed by atoms with Crippen LogP contribution >= 0.6 is 0 Å². The Morgan fingerprint density at radius 2 is 2.16 bits per heavy atom. The van der Waals surface area contributed by atoms with Crippen molar-refractivity contribution in [1.82, 2.24) is 10.2 Å². The van der Waals surface area contributed by atoms with Crippen molar-refractivity contribution in [3.05, 3.63) is 0 Å². The highest BCUT2D eigenvalue weighted by Gasteiger charge is 2.38. The van der Waals surface area contributed by atoms with Gasteiger partial charge < -0.3 is 15.0 Å². The number of rotatable bonds is 6. The highest BCUT2D eigenvalue weighted by Crippen LogP contribution is 2.25. The number of carbonyl (C=O) groups is 1. The van der Waals surface area contributed by atoms with Crippen molar-refractivity contribution in [2.45, 2.75) is 45.6 Å². The highest BCUT2D eigenvalue weighted by molar-refractivity contribution is 5.80. The second-order valence-corrected chi connectivity index (χ2v) is 5.93. The maximum atomic E-state index is 12.6. The van der Waals surface area contributed by atoms with Crippen LogP contribution in [0.1, 0.15) is 39.5 Å². The fourth-order valence-electron chi connectivity index (χ4n) is 3.24. The summed E-state index contributed by atoms with van der Waals surface area (Å²) >= 11 is 0. The van der Waals surface area contributed by atoms with Gasteiger partial charge in [0.15, 0.2) is 0 Å². The molecule has 0 aliphatic carbocycles. The molecule has 2 saturated heterocycles. The summed E-state index contributed by atoms with van der Waals surface area (Å²) < 4.78 is 5.51. The minimum absolute atomic E-state index is 0.0342. The second-order valence-electron chi connectivity index (χ2n) is 5.93. The Labute approximate surface area is 116 Å². The molecular formula is C15H28N2O2. The summed E-state index contributed by atoms with van der Waals surface area (Å²) in [7, 11) is 0. The van der Waals surface area contributed by atoms with Crippen molar-refractivity contribution in [2.75, 3.05) is 32.8 Å². The predicted molar refractivity (Wildman–Crippen MR) is 76.0 cm³/mol. The molecule has 2 heterocycles. The Kier molecular flexibility index (Phi) is 5.64. The molecule has 2 fully saturated rings. The van der Waals surface area contributed by atoms with Crippen LogP contribution in [0.3, 0.4) is 0 Å². The topological polar surface area (TPSA) is 41.6 Å². The largest absolute Gasteiger partial charge is 0.379 e. The first-order valence-corrected chi connectivity index (χ1v) is 7.86. The van der Waals surface area contributed by atoms with Crippen LogP contribution in [-0.2, 0) is 9.53 Å². The van der Waals surface area contributed by atoms with Gasteiger partial charge in [-0.05, 0) is 31.7 Å². The van der Waals surface area contributed by atoms with Crippen molar-refractivity contribution in [3.63, 3.8) is 0 Å². The zero-order valence-electron chi connectivity index (χ0n) is 12.4. The smallest absolute Gasteiger partial charge is 0.229 e. The molecule has 0 aromatic heterocycles. The first-order chi connectivity index (χ1) is 9.26. The summed E-state index contributed by atoms with van der Waals surface area (Å²) in [5, 5.41) is 3.45. The van der Waals surface area contributed by atoms with Crippen LogP contribution < -0.4 is 5.32 Å². The van der Waals surface area contributed by atoms with Crippen LogP contribution in [0.2, 0.25) is 0 Å². The molecule has 0 saturated carbocycles. The fraction of sp³-hybridized carbons (Fsp3) is 0.933. The van der Waals surface area contributed by atoms with Crippen LogP contribution in [0, 0.1) is 11.8 Å². The molecule has 0 radical (unpaired) electrons. The zero-order valence-corrected chi connectivity index (χ0v) is 12.4. The standard InChI is InChI=1S/C15H28N2O2/c1-3-5-12-6-8-17(9-12)15(18)13-10-19-11-14(13)16-7-4-2/h12-14,16H,3-11H2,1-2H3. The zero-order chi connectivity index (χ0) is 13.7. The van der Waals surface area contributed by atoms with E-state index in [9.17, 15) is 4.79 Å². The van der Waals surface area contributed by atoms with Crippen molar-refractivity contribution in [2.24, 2.45) is 11.8 Å². The molecule has 4 heteroatoms. The molecule has 2 rings (SSSR count). The van der Waals surface area contributed by atoms with Crippen molar-refractivity contribution in [1.29, 1.82) is 0 Å². The third kappa shape index (κ3) is 3.69. The van der Waals surface area contributed by atoms with E-state index in [0.29, 0.717) is 19.1 Å². The number of nitrogens with one attached hydrogen (secondary N) is 1. The summed E-state index contributed by atoms with van der Waals surface area (Å²) in [6, 6.07) is 0.220. The molecule has 0 spiro atoms. The molecule has 0 aromatic rings. The lowest BCUT2D eigenvalue weighted by molar-refractivity contribution is -0.135. The molecule has 4 nitrogen and oxygen atoms in total. The highest BCUT2D eigenvalue weighted by atomic mass is 16.5. The Hall–Kier alpha value is -0.610. The molecule has 110 valence electrons. The minimum Gasteiger partial charge on any atom is -0.379 e. The quantitative estimate of drug-likeness (QED) is 0.796. The molecule has 0 aromatic carbocycles. The summed E-state index contributed by atoms with van der Waals surface area (Å²) in [6.45, 7) is 8.52. The van der Waals surface area contributed by atoms with E-state index < -0.39 is 0 Å². The fourth-order valence-corrected chi connectivity index (χ4v) is 3.24. The first-order valence-electron chi connectivity index (χ1n) is 7.86. The molecule has 3 unspecified atom stereocenters. The van der Waals surface area contributed by atoms with Gasteiger partial charge in [0, 0.05) is 19.1 Å². The van der Waals surface area contributed by atoms with E-state index in [2.05, 4.69) is 24.1 Å². The molecule has 2 aliphatic heterocycles. The number of ether oxygens (including phenoxy) is 1. The predicted octanol–water partition coefficient (Wildman–Crippen LogP) is 1.65. The molecule has 0 bridgehead atoms. The lowest BCUT2D eigenvalue weighted by Crippen LogP contribution is -2.45. The van der Waals surface area contributed by atoms with Crippen LogP contribution in [-0.4, -0.2) is 49.7 Å². The third-order valence-corrected chi connectivity index (χ3v) is 4.35. The van der Waals surface area contributed by atoms with E-state index in [1.165, 1.54) is 19.3 Å². The second kappa shape index (κ2) is 7.25. The summed E-state index contributed by atoms with van der Waals surface area (Å²) in [5.74, 6) is 1.06. The third-order valence-electron chi connectivity index (χ3n) is 4.35. The molecule has 1 N–H and O–H groups in total. The van der Waals surface area contributed by atoms with Crippen LogP contribution in [0.15, 0.2) is 0 Å². The maximum Gasteiger partial charge on any atom is 0.229 e. The van der Waals surface area contributed by atoms with Gasteiger partial charge in [0.2, 0.25) is 5.91 Å². The van der Waals surface area contributed by atoms with Gasteiger partial charge in [-0.3, -0.25) is 4.79 Å². The number of likely N-dealkylation sites (tertiary alicyclic amines) is 1. The van der Waals surface area contributed by atoms with E-state index in [0.717, 1.165) is 32.0 Å². The van der Waals surface area contributed by atoms with Gasteiger partial charge in [-0.2, -0.15) is 0 Å². The number of hydrogen-bond acceptors (Lipinski definition) is 3. The molecule has 2 aliphatic rings. The normalized spacial score (nSPS) is 31.1. The monoisotopic (exact) mass is 268 g/mol. The number of carbonyl (C=O) groups excluding carboxylic acids is 1. The minimum atomic E-state index is 0.0342. The van der Waals surface area contributed by atoms with Crippen LogP contribution in [0.25, 0.3) is 0 Å². The average Bonchev–Trinajstić information content (AvgIpc) is 3.04. The van der Waals surface area contributed by atoms with Crippen molar-refractivity contribution < 1.29 is 9.53 Å². The van der Waals surface area contributed by atoms with Gasteiger partial charge in [0.1, 0.15) is 0 Å². The Morgan fingerprint density at radius 3 is 2.89 bits per heavy atom. The lowest BCUT2D eigenvalue weighted by Gasteiger charge is -2.24. The maximum absolute atomic E-state index is 12.6. The first kappa shape index (κ1) is 14.8. The van der Waals surface area contributed by atoms with Gasteiger partial charge in [0.05, 0.1) is 19.1 Å². The van der Waals surface area contributed by atoms with E-state index in [1.807, 2.05) is 0 Å². The van der Waals surface area contributed by atoms with E-state index >= 15 is 0 Å².